The second-order valence-electron chi connectivity index (χ2n) is 3.96. The highest BCUT2D eigenvalue weighted by Gasteiger charge is 2.26. The van der Waals surface area contributed by atoms with Crippen LogP contribution in [0.5, 0.6) is 0 Å². The molecule has 0 aliphatic heterocycles. The van der Waals surface area contributed by atoms with Crippen LogP contribution in [0.3, 0.4) is 0 Å². The highest BCUT2D eigenvalue weighted by molar-refractivity contribution is 5.96. The van der Waals surface area contributed by atoms with Crippen LogP contribution in [0.25, 0.3) is 0 Å². The lowest BCUT2D eigenvalue weighted by Gasteiger charge is -2.06. The van der Waals surface area contributed by atoms with Gasteiger partial charge in [-0.05, 0) is 25.0 Å². The van der Waals surface area contributed by atoms with Gasteiger partial charge in [0.15, 0.2) is 5.78 Å². The lowest BCUT2D eigenvalue weighted by Crippen LogP contribution is -2.08. The van der Waals surface area contributed by atoms with Crippen molar-refractivity contribution in [2.24, 2.45) is 0 Å². The monoisotopic (exact) mass is 245 g/mol. The number of hydrogen-bond acceptors (Lipinski definition) is 2. The van der Waals surface area contributed by atoms with Crippen LogP contribution < -0.4 is 5.73 Å². The van der Waals surface area contributed by atoms with E-state index >= 15 is 0 Å². The molecule has 1 aromatic carbocycles. The first-order chi connectivity index (χ1) is 7.79. The standard InChI is InChI=1S/C12H14F3NO/c1-8-4-5-9(7-10(8)16)11(17)3-2-6-12(13,14)15/h4-5,7H,2-3,6,16H2,1H3. The first-order valence-electron chi connectivity index (χ1n) is 5.25. The Labute approximate surface area is 97.6 Å². The van der Waals surface area contributed by atoms with E-state index in [2.05, 4.69) is 0 Å². The summed E-state index contributed by atoms with van der Waals surface area (Å²) in [6.07, 6.45) is -5.43. The van der Waals surface area contributed by atoms with Crippen LogP contribution in [0.4, 0.5) is 18.9 Å². The van der Waals surface area contributed by atoms with Gasteiger partial charge in [-0.2, -0.15) is 13.2 Å². The topological polar surface area (TPSA) is 43.1 Å². The third kappa shape index (κ3) is 4.46. The lowest BCUT2D eigenvalue weighted by molar-refractivity contribution is -0.135. The Morgan fingerprint density at radius 2 is 2.00 bits per heavy atom. The normalized spacial score (nSPS) is 11.5. The van der Waals surface area contributed by atoms with Gasteiger partial charge in [0.2, 0.25) is 0 Å². The van der Waals surface area contributed by atoms with Gasteiger partial charge in [0.25, 0.3) is 0 Å². The third-order valence-electron chi connectivity index (χ3n) is 2.47. The third-order valence-corrected chi connectivity index (χ3v) is 2.47. The molecular weight excluding hydrogens is 231 g/mol. The summed E-state index contributed by atoms with van der Waals surface area (Å²) in [5, 5.41) is 0. The number of carbonyl (C=O) groups excluding carboxylic acids is 1. The minimum atomic E-state index is -4.20. The predicted molar refractivity (Wildman–Crippen MR) is 59.8 cm³/mol. The molecule has 0 aliphatic carbocycles. The molecule has 0 spiro atoms. The molecule has 1 rings (SSSR count). The minimum absolute atomic E-state index is 0.109. The fourth-order valence-electron chi connectivity index (χ4n) is 1.41. The SMILES string of the molecule is Cc1ccc(C(=O)CCCC(F)(F)F)cc1N. The van der Waals surface area contributed by atoms with Crippen LogP contribution >= 0.6 is 0 Å². The Morgan fingerprint density at radius 1 is 1.35 bits per heavy atom. The number of nitrogens with two attached hydrogens (primary N) is 1. The Hall–Kier alpha value is -1.52. The molecule has 1 aromatic rings. The van der Waals surface area contributed by atoms with Gasteiger partial charge in [0.1, 0.15) is 0 Å². The van der Waals surface area contributed by atoms with E-state index in [1.807, 2.05) is 0 Å². The molecule has 0 radical (unpaired) electrons. The van der Waals surface area contributed by atoms with E-state index in [9.17, 15) is 18.0 Å². The maximum atomic E-state index is 11.9. The van der Waals surface area contributed by atoms with Crippen LogP contribution in [0, 0.1) is 6.92 Å². The Kier molecular flexibility index (Phi) is 4.15. The number of nitrogen functional groups attached to an aromatic ring is 1. The molecule has 0 saturated heterocycles. The van der Waals surface area contributed by atoms with Gasteiger partial charge >= 0.3 is 6.18 Å². The first-order valence-corrected chi connectivity index (χ1v) is 5.25. The maximum Gasteiger partial charge on any atom is 0.389 e. The molecule has 0 heterocycles. The van der Waals surface area contributed by atoms with Crippen molar-refractivity contribution < 1.29 is 18.0 Å². The smallest absolute Gasteiger partial charge is 0.389 e. The first kappa shape index (κ1) is 13.5. The van der Waals surface area contributed by atoms with Gasteiger partial charge < -0.3 is 5.73 Å². The van der Waals surface area contributed by atoms with Crippen LogP contribution in [0.1, 0.15) is 35.2 Å². The minimum Gasteiger partial charge on any atom is -0.398 e. The van der Waals surface area contributed by atoms with Gasteiger partial charge in [0, 0.05) is 24.1 Å². The summed E-state index contributed by atoms with van der Waals surface area (Å²) in [5.74, 6) is -0.305. The second-order valence-corrected chi connectivity index (χ2v) is 3.96. The summed E-state index contributed by atoms with van der Waals surface area (Å²) in [7, 11) is 0. The molecule has 0 bridgehead atoms. The average molecular weight is 245 g/mol. The van der Waals surface area contributed by atoms with Gasteiger partial charge in [-0.25, -0.2) is 0 Å². The van der Waals surface area contributed by atoms with Crippen LogP contribution in [0.15, 0.2) is 18.2 Å². The van der Waals surface area contributed by atoms with Gasteiger partial charge in [-0.15, -0.1) is 0 Å². The van der Waals surface area contributed by atoms with Gasteiger partial charge in [-0.3, -0.25) is 4.79 Å². The van der Waals surface area contributed by atoms with Crippen molar-refractivity contribution in [3.63, 3.8) is 0 Å². The molecule has 2 nitrogen and oxygen atoms in total. The van der Waals surface area contributed by atoms with Crippen molar-refractivity contribution >= 4 is 11.5 Å². The molecule has 0 aliphatic rings. The van der Waals surface area contributed by atoms with Crippen molar-refractivity contribution in [2.75, 3.05) is 5.73 Å². The maximum absolute atomic E-state index is 11.9. The summed E-state index contributed by atoms with van der Waals surface area (Å²) in [6, 6.07) is 4.78. The van der Waals surface area contributed by atoms with E-state index in [4.69, 9.17) is 5.73 Å². The summed E-state index contributed by atoms with van der Waals surface area (Å²) in [5.41, 5.74) is 7.32. The van der Waals surface area contributed by atoms with E-state index in [1.54, 1.807) is 19.1 Å². The zero-order valence-corrected chi connectivity index (χ0v) is 9.47. The van der Waals surface area contributed by atoms with Crippen molar-refractivity contribution in [3.8, 4) is 0 Å². The zero-order chi connectivity index (χ0) is 13.1. The number of anilines is 1. The lowest BCUT2D eigenvalue weighted by atomic mass is 10.0. The van der Waals surface area contributed by atoms with E-state index in [0.717, 1.165) is 5.56 Å². The van der Waals surface area contributed by atoms with Gasteiger partial charge in [-0.1, -0.05) is 12.1 Å². The summed E-state index contributed by atoms with van der Waals surface area (Å²) < 4.78 is 35.7. The van der Waals surface area contributed by atoms with Crippen molar-refractivity contribution in [1.82, 2.24) is 0 Å². The van der Waals surface area contributed by atoms with Crippen molar-refractivity contribution in [2.45, 2.75) is 32.4 Å². The molecule has 17 heavy (non-hydrogen) atoms. The molecule has 0 fully saturated rings. The number of ketones is 1. The molecule has 5 heteroatoms. The number of alkyl halides is 3. The fourth-order valence-corrected chi connectivity index (χ4v) is 1.41. The number of carbonyl (C=O) groups is 1. The zero-order valence-electron chi connectivity index (χ0n) is 9.47. The highest BCUT2D eigenvalue weighted by Crippen LogP contribution is 2.23. The van der Waals surface area contributed by atoms with Gasteiger partial charge in [0.05, 0.1) is 0 Å². The average Bonchev–Trinajstić information content (AvgIpc) is 2.20. The largest absolute Gasteiger partial charge is 0.398 e. The number of rotatable bonds is 4. The van der Waals surface area contributed by atoms with E-state index in [-0.39, 0.29) is 18.6 Å². The number of Topliss-reactive ketones (excluding diaryl/α,β-unsaturated/α-hetero) is 1. The van der Waals surface area contributed by atoms with Crippen molar-refractivity contribution in [1.29, 1.82) is 0 Å². The Bertz CT molecular complexity index is 413. The number of benzene rings is 1. The molecular formula is C12H14F3NO. The summed E-state index contributed by atoms with van der Waals surface area (Å²) in [4.78, 5) is 11.6. The molecule has 0 aromatic heterocycles. The highest BCUT2D eigenvalue weighted by atomic mass is 19.4. The Balaban J connectivity index is 2.56. The molecule has 94 valence electrons. The summed E-state index contributed by atoms with van der Waals surface area (Å²) >= 11 is 0. The van der Waals surface area contributed by atoms with E-state index in [1.165, 1.54) is 6.07 Å². The Morgan fingerprint density at radius 3 is 2.53 bits per heavy atom. The van der Waals surface area contributed by atoms with E-state index in [0.29, 0.717) is 11.3 Å². The second kappa shape index (κ2) is 5.21. The van der Waals surface area contributed by atoms with Crippen LogP contribution in [-0.4, -0.2) is 12.0 Å². The van der Waals surface area contributed by atoms with Crippen molar-refractivity contribution in [3.05, 3.63) is 29.3 Å². The van der Waals surface area contributed by atoms with E-state index < -0.39 is 12.6 Å². The number of aryl methyl sites for hydroxylation is 1. The number of hydrogen-bond donors (Lipinski definition) is 1. The molecule has 0 amide bonds. The van der Waals surface area contributed by atoms with Crippen LogP contribution in [0.2, 0.25) is 0 Å². The molecule has 2 N–H and O–H groups in total. The fraction of sp³-hybridized carbons (Fsp3) is 0.417. The quantitative estimate of drug-likeness (QED) is 0.651. The number of halogens is 3. The van der Waals surface area contributed by atoms with Crippen LogP contribution in [-0.2, 0) is 0 Å². The summed E-state index contributed by atoms with van der Waals surface area (Å²) in [6.45, 7) is 1.80. The molecule has 0 unspecified atom stereocenters. The predicted octanol–water partition coefficient (Wildman–Crippen LogP) is 3.49. The molecule has 0 atom stereocenters. The molecule has 0 saturated carbocycles.